The van der Waals surface area contributed by atoms with E-state index in [9.17, 15) is 24.0 Å². The van der Waals surface area contributed by atoms with Gasteiger partial charge in [-0.05, 0) is 51.6 Å². The number of hydrogen-bond donors (Lipinski definition) is 8. The van der Waals surface area contributed by atoms with E-state index < -0.39 is 41.7 Å². The van der Waals surface area contributed by atoms with E-state index in [-0.39, 0.29) is 49.1 Å². The minimum Gasteiger partial charge on any atom is -0.464 e. The Balaban J connectivity index is 2.01. The number of carbonyl (C=O) groups excluding carboxylic acids is 5. The van der Waals surface area contributed by atoms with E-state index in [1.165, 1.54) is 19.2 Å². The fourth-order valence-corrected chi connectivity index (χ4v) is 4.05. The third-order valence-corrected chi connectivity index (χ3v) is 6.51. The summed E-state index contributed by atoms with van der Waals surface area (Å²) in [6, 6.07) is 0.573. The van der Waals surface area contributed by atoms with Crippen LogP contribution in [0.2, 0.25) is 0 Å². The predicted molar refractivity (Wildman–Crippen MR) is 168 cm³/mol. The lowest BCUT2D eigenvalue weighted by Crippen LogP contribution is -2.52. The van der Waals surface area contributed by atoms with Gasteiger partial charge in [-0.15, -0.1) is 0 Å². The van der Waals surface area contributed by atoms with Gasteiger partial charge in [-0.3, -0.25) is 29.4 Å². The smallest absolute Gasteiger partial charge is 0.356 e. The van der Waals surface area contributed by atoms with Crippen LogP contribution in [0.5, 0.6) is 0 Å². The van der Waals surface area contributed by atoms with E-state index in [1.807, 2.05) is 0 Å². The summed E-state index contributed by atoms with van der Waals surface area (Å²) in [6.07, 6.45) is 2.74. The highest BCUT2D eigenvalue weighted by atomic mass is 16.5. The first-order valence-electron chi connectivity index (χ1n) is 15.2. The van der Waals surface area contributed by atoms with Crippen LogP contribution < -0.4 is 32.7 Å². The number of aromatic amines is 2. The number of unbranched alkanes of at least 4 members (excludes halogenated alkanes) is 2. The summed E-state index contributed by atoms with van der Waals surface area (Å²) in [5.41, 5.74) is 11.3. The fourth-order valence-electron chi connectivity index (χ4n) is 4.05. The van der Waals surface area contributed by atoms with Gasteiger partial charge in [-0.2, -0.15) is 10.2 Å². The summed E-state index contributed by atoms with van der Waals surface area (Å²) in [5, 5.41) is 23.3. The summed E-state index contributed by atoms with van der Waals surface area (Å²) in [4.78, 5) is 63.5. The first kappa shape index (κ1) is 38.8. The van der Waals surface area contributed by atoms with E-state index in [4.69, 9.17) is 25.7 Å². The maximum absolute atomic E-state index is 13.4. The van der Waals surface area contributed by atoms with Crippen molar-refractivity contribution in [3.63, 3.8) is 0 Å². The van der Waals surface area contributed by atoms with Crippen molar-refractivity contribution < 1.29 is 42.9 Å². The molecule has 0 radical (unpaired) electrons. The maximum atomic E-state index is 13.4. The molecule has 0 bridgehead atoms. The zero-order valence-corrected chi connectivity index (χ0v) is 26.7. The molecule has 2 aromatic rings. The van der Waals surface area contributed by atoms with Crippen LogP contribution in [0.1, 0.15) is 59.5 Å². The average Bonchev–Trinajstić information content (AvgIpc) is 3.73. The Labute approximate surface area is 271 Å². The van der Waals surface area contributed by atoms with Gasteiger partial charge in [0.05, 0.1) is 33.5 Å². The van der Waals surface area contributed by atoms with E-state index in [1.54, 1.807) is 7.11 Å². The molecule has 0 aliphatic rings. The van der Waals surface area contributed by atoms with Gasteiger partial charge in [0.25, 0.3) is 11.8 Å². The maximum Gasteiger partial charge on any atom is 0.356 e. The molecule has 0 spiro atoms. The Kier molecular flexibility index (Phi) is 18.3. The van der Waals surface area contributed by atoms with E-state index >= 15 is 0 Å². The van der Waals surface area contributed by atoms with Crippen molar-refractivity contribution in [2.24, 2.45) is 11.5 Å². The Morgan fingerprint density at radius 1 is 0.745 bits per heavy atom. The molecule has 0 unspecified atom stereocenters. The number of amides is 4. The number of nitrogens with zero attached hydrogens (tertiary/aromatic N) is 2. The van der Waals surface area contributed by atoms with Crippen LogP contribution in [0.3, 0.4) is 0 Å². The zero-order valence-electron chi connectivity index (χ0n) is 26.7. The van der Waals surface area contributed by atoms with Crippen LogP contribution >= 0.6 is 0 Å². The van der Waals surface area contributed by atoms with Gasteiger partial charge in [0.1, 0.15) is 30.1 Å². The molecule has 0 fully saturated rings. The van der Waals surface area contributed by atoms with Crippen molar-refractivity contribution in [1.29, 1.82) is 0 Å². The number of rotatable bonds is 24. The fraction of sp³-hybridized carbons (Fsp3) is 0.607. The van der Waals surface area contributed by atoms with Gasteiger partial charge in [-0.25, -0.2) is 4.79 Å². The molecule has 10 N–H and O–H groups in total. The van der Waals surface area contributed by atoms with Crippen molar-refractivity contribution >= 4 is 41.2 Å². The number of hydrogen-bond acceptors (Lipinski definition) is 13. The number of nitrogens with one attached hydrogen (secondary N) is 6. The van der Waals surface area contributed by atoms with Crippen LogP contribution in [-0.2, 0) is 33.3 Å². The second kappa shape index (κ2) is 22.2. The van der Waals surface area contributed by atoms with E-state index in [0.29, 0.717) is 58.6 Å². The predicted octanol–water partition coefficient (Wildman–Crippen LogP) is -0.983. The minimum absolute atomic E-state index is 0.0124. The Hall–Kier alpha value is -4.43. The number of ether oxygens (including phenoxy) is 4. The van der Waals surface area contributed by atoms with Crippen molar-refractivity contribution in [2.75, 3.05) is 71.0 Å². The van der Waals surface area contributed by atoms with Crippen molar-refractivity contribution in [3.8, 4) is 0 Å². The first-order chi connectivity index (χ1) is 22.7. The van der Waals surface area contributed by atoms with Gasteiger partial charge in [-0.1, -0.05) is 0 Å². The van der Waals surface area contributed by atoms with Crippen LogP contribution in [0.25, 0.3) is 0 Å². The zero-order chi connectivity index (χ0) is 34.4. The molecule has 0 aliphatic heterocycles. The Bertz CT molecular complexity index is 1270. The summed E-state index contributed by atoms with van der Waals surface area (Å²) >= 11 is 0. The van der Waals surface area contributed by atoms with Crippen LogP contribution in [0.4, 0.5) is 11.6 Å². The van der Waals surface area contributed by atoms with Crippen LogP contribution in [0, 0.1) is 0 Å². The van der Waals surface area contributed by atoms with Gasteiger partial charge >= 0.3 is 5.97 Å². The molecule has 2 rings (SSSR count). The number of aromatic nitrogens is 4. The van der Waals surface area contributed by atoms with E-state index in [2.05, 4.69) is 46.4 Å². The van der Waals surface area contributed by atoms with E-state index in [0.717, 1.165) is 0 Å². The van der Waals surface area contributed by atoms with Crippen LogP contribution in [-0.4, -0.2) is 122 Å². The standard InChI is InChI=1S/C28H46N10O9/c1-44-11-12-46-13-14-47-17-24(39)33-22-15-20(35-37-22)27(42)32-18(7-3-5-9-29)25(40)31-19(8-4-6-10-30)26(41)34-23-16-21(36-38-23)28(43)45-2/h15-16,18-19H,3-14,17,29-30H2,1-2H3,(H,31,40)(H,32,42)(H2,33,35,37,39)(H2,34,36,38,41)/t18-,19-/m0/s1. The van der Waals surface area contributed by atoms with Gasteiger partial charge in [0.15, 0.2) is 11.6 Å². The molecule has 2 heterocycles. The van der Waals surface area contributed by atoms with Crippen LogP contribution in [0.15, 0.2) is 12.1 Å². The molecular weight excluding hydrogens is 620 g/mol. The highest BCUT2D eigenvalue weighted by molar-refractivity contribution is 6.00. The lowest BCUT2D eigenvalue weighted by Gasteiger charge is -2.23. The lowest BCUT2D eigenvalue weighted by molar-refractivity contribution is -0.128. The number of carbonyl (C=O) groups is 5. The number of anilines is 2. The summed E-state index contributed by atoms with van der Waals surface area (Å²) in [7, 11) is 2.77. The quantitative estimate of drug-likeness (QED) is 0.0494. The molecular formula is C28H46N10O9. The number of esters is 1. The van der Waals surface area contributed by atoms with Gasteiger partial charge in [0, 0.05) is 19.2 Å². The molecule has 19 nitrogen and oxygen atoms in total. The lowest BCUT2D eigenvalue weighted by atomic mass is 10.1. The minimum atomic E-state index is -1.03. The third kappa shape index (κ3) is 14.7. The molecule has 2 atom stereocenters. The Morgan fingerprint density at radius 3 is 1.96 bits per heavy atom. The first-order valence-corrected chi connectivity index (χ1v) is 15.2. The average molecular weight is 667 g/mol. The summed E-state index contributed by atoms with van der Waals surface area (Å²) in [6.45, 7) is 1.90. The molecule has 47 heavy (non-hydrogen) atoms. The molecule has 0 aromatic carbocycles. The number of nitrogens with two attached hydrogens (primary N) is 2. The highest BCUT2D eigenvalue weighted by Crippen LogP contribution is 2.11. The van der Waals surface area contributed by atoms with Crippen molar-refractivity contribution in [1.82, 2.24) is 31.0 Å². The van der Waals surface area contributed by atoms with Crippen molar-refractivity contribution in [2.45, 2.75) is 50.6 Å². The molecule has 2 aromatic heterocycles. The second-order valence-corrected chi connectivity index (χ2v) is 10.2. The largest absolute Gasteiger partial charge is 0.464 e. The molecule has 19 heteroatoms. The molecule has 262 valence electrons. The highest BCUT2D eigenvalue weighted by Gasteiger charge is 2.28. The number of H-pyrrole nitrogens is 2. The second-order valence-electron chi connectivity index (χ2n) is 10.2. The van der Waals surface area contributed by atoms with Gasteiger partial charge in [0.2, 0.25) is 11.8 Å². The normalized spacial score (nSPS) is 12.2. The number of methoxy groups -OCH3 is 2. The summed E-state index contributed by atoms with van der Waals surface area (Å²) in [5.74, 6) is -2.87. The molecule has 4 amide bonds. The monoisotopic (exact) mass is 666 g/mol. The molecule has 0 saturated carbocycles. The van der Waals surface area contributed by atoms with Crippen molar-refractivity contribution in [3.05, 3.63) is 23.5 Å². The SMILES string of the molecule is COCCOCCOCC(=O)Nc1cc(C(=O)N[C@@H](CCCCN)C(=O)N[C@@H](CCCCN)C(=O)Nc2cc(C(=O)OC)[nH]n2)[nH]n1. The third-order valence-electron chi connectivity index (χ3n) is 6.51. The topological polar surface area (TPSA) is 280 Å². The molecule has 0 aliphatic carbocycles. The Morgan fingerprint density at radius 2 is 1.32 bits per heavy atom. The molecule has 0 saturated heterocycles. The van der Waals surface area contributed by atoms with Gasteiger partial charge < -0.3 is 51.7 Å². The summed E-state index contributed by atoms with van der Waals surface area (Å²) < 4.78 is 20.0.